The molecule has 1 heterocycles. The van der Waals surface area contributed by atoms with E-state index in [2.05, 4.69) is 217 Å². The average Bonchev–Trinajstić information content (AvgIpc) is 3.69. The molecule has 0 radical (unpaired) electrons. The number of aromatic nitrogens is 1. The molecule has 2 nitrogen and oxygen atoms in total. The fourth-order valence-electron chi connectivity index (χ4n) is 9.23. The Morgan fingerprint density at radius 3 is 1.87 bits per heavy atom. The lowest BCUT2D eigenvalue weighted by Crippen LogP contribution is -2.16. The van der Waals surface area contributed by atoms with Crippen molar-refractivity contribution < 1.29 is 0 Å². The van der Waals surface area contributed by atoms with Crippen molar-refractivity contribution in [3.63, 3.8) is 0 Å². The number of para-hydroxylation sites is 2. The van der Waals surface area contributed by atoms with E-state index in [4.69, 9.17) is 0 Å². The Hall–Kier alpha value is -6.90. The fraction of sp³-hybridized carbons (Fsp3) is 0.0566. The van der Waals surface area contributed by atoms with E-state index in [0.717, 1.165) is 17.1 Å². The summed E-state index contributed by atoms with van der Waals surface area (Å²) in [7, 11) is 0. The van der Waals surface area contributed by atoms with Gasteiger partial charge in [-0.25, -0.2) is 0 Å². The third-order valence-electron chi connectivity index (χ3n) is 12.0. The van der Waals surface area contributed by atoms with E-state index in [9.17, 15) is 0 Å². The highest BCUT2D eigenvalue weighted by Crippen LogP contribution is 2.51. The van der Waals surface area contributed by atoms with Gasteiger partial charge in [0.1, 0.15) is 0 Å². The summed E-state index contributed by atoms with van der Waals surface area (Å²) in [6, 6.07) is 71.4. The van der Waals surface area contributed by atoms with Crippen LogP contribution in [0.25, 0.3) is 71.3 Å². The van der Waals surface area contributed by atoms with Crippen molar-refractivity contribution in [2.75, 3.05) is 4.90 Å². The van der Waals surface area contributed by atoms with Crippen LogP contribution < -0.4 is 4.90 Å². The molecule has 0 saturated heterocycles. The summed E-state index contributed by atoms with van der Waals surface area (Å²) in [5.74, 6) is 0. The largest absolute Gasteiger partial charge is 0.310 e. The van der Waals surface area contributed by atoms with Crippen molar-refractivity contribution in [2.24, 2.45) is 0 Å². The maximum Gasteiger partial charge on any atom is 0.0541 e. The van der Waals surface area contributed by atoms with Gasteiger partial charge in [-0.05, 0) is 122 Å². The van der Waals surface area contributed by atoms with Gasteiger partial charge in [0, 0.05) is 38.9 Å². The highest BCUT2D eigenvalue weighted by molar-refractivity contribution is 6.11. The summed E-state index contributed by atoms with van der Waals surface area (Å²) in [5, 5.41) is 7.56. The highest BCUT2D eigenvalue weighted by atomic mass is 15.1. The Morgan fingerprint density at radius 1 is 0.382 bits per heavy atom. The topological polar surface area (TPSA) is 8.17 Å². The van der Waals surface area contributed by atoms with E-state index < -0.39 is 0 Å². The normalized spacial score (nSPS) is 13.1. The van der Waals surface area contributed by atoms with Crippen LogP contribution >= 0.6 is 0 Å². The molecule has 260 valence electrons. The van der Waals surface area contributed by atoms with E-state index in [-0.39, 0.29) is 5.41 Å². The van der Waals surface area contributed by atoms with Crippen LogP contribution in [0.2, 0.25) is 0 Å². The van der Waals surface area contributed by atoms with Crippen molar-refractivity contribution in [1.29, 1.82) is 0 Å². The number of hydrogen-bond acceptors (Lipinski definition) is 1. The summed E-state index contributed by atoms with van der Waals surface area (Å²) in [5.41, 5.74) is 14.7. The van der Waals surface area contributed by atoms with Crippen molar-refractivity contribution in [3.05, 3.63) is 205 Å². The first-order valence-electron chi connectivity index (χ1n) is 19.2. The Morgan fingerprint density at radius 2 is 1.00 bits per heavy atom. The number of anilines is 3. The molecular weight excluding hydrogens is 665 g/mol. The monoisotopic (exact) mass is 702 g/mol. The maximum atomic E-state index is 2.43. The van der Waals surface area contributed by atoms with Crippen molar-refractivity contribution in [2.45, 2.75) is 19.3 Å². The van der Waals surface area contributed by atoms with Gasteiger partial charge in [-0.1, -0.05) is 141 Å². The lowest BCUT2D eigenvalue weighted by Gasteiger charge is -2.28. The van der Waals surface area contributed by atoms with Crippen LogP contribution in [-0.2, 0) is 5.41 Å². The van der Waals surface area contributed by atoms with Crippen LogP contribution in [0.5, 0.6) is 0 Å². The summed E-state index contributed by atoms with van der Waals surface area (Å²) in [6.07, 6.45) is 0. The summed E-state index contributed by atoms with van der Waals surface area (Å²) >= 11 is 0. The number of benzene rings is 9. The second-order valence-electron chi connectivity index (χ2n) is 15.4. The van der Waals surface area contributed by atoms with Gasteiger partial charge in [-0.2, -0.15) is 0 Å². The zero-order chi connectivity index (χ0) is 36.7. The van der Waals surface area contributed by atoms with Crippen LogP contribution in [0.3, 0.4) is 0 Å². The molecule has 0 N–H and O–H groups in total. The molecule has 9 aromatic carbocycles. The molecule has 2 heteroatoms. The minimum atomic E-state index is -0.0952. The van der Waals surface area contributed by atoms with E-state index in [1.54, 1.807) is 0 Å². The van der Waals surface area contributed by atoms with E-state index in [1.165, 1.54) is 82.4 Å². The van der Waals surface area contributed by atoms with Crippen molar-refractivity contribution in [3.8, 4) is 27.9 Å². The predicted octanol–water partition coefficient (Wildman–Crippen LogP) is 14.5. The molecule has 0 fully saturated rings. The Kier molecular flexibility index (Phi) is 6.93. The van der Waals surface area contributed by atoms with Gasteiger partial charge in [-0.3, -0.25) is 0 Å². The second-order valence-corrected chi connectivity index (χ2v) is 15.4. The second kappa shape index (κ2) is 12.1. The maximum absolute atomic E-state index is 2.43. The van der Waals surface area contributed by atoms with Gasteiger partial charge in [-0.15, -0.1) is 0 Å². The van der Waals surface area contributed by atoms with E-state index in [0.29, 0.717) is 0 Å². The zero-order valence-corrected chi connectivity index (χ0v) is 30.9. The molecule has 11 rings (SSSR count). The van der Waals surface area contributed by atoms with Crippen molar-refractivity contribution >= 4 is 60.4 Å². The molecule has 0 spiro atoms. The molecule has 55 heavy (non-hydrogen) atoms. The molecule has 0 bridgehead atoms. The van der Waals surface area contributed by atoms with Gasteiger partial charge in [0.25, 0.3) is 0 Å². The number of fused-ring (bicyclic) bond motifs is 9. The van der Waals surface area contributed by atoms with Gasteiger partial charge in [0.15, 0.2) is 0 Å². The first kappa shape index (κ1) is 31.6. The third kappa shape index (κ3) is 4.88. The summed E-state index contributed by atoms with van der Waals surface area (Å²) < 4.78 is 2.37. The molecule has 0 amide bonds. The lowest BCUT2D eigenvalue weighted by molar-refractivity contribution is 0.660. The van der Waals surface area contributed by atoms with Gasteiger partial charge in [0.05, 0.1) is 11.0 Å². The van der Waals surface area contributed by atoms with Gasteiger partial charge < -0.3 is 9.47 Å². The van der Waals surface area contributed by atoms with Crippen LogP contribution in [0.15, 0.2) is 194 Å². The first-order chi connectivity index (χ1) is 27.0. The zero-order valence-electron chi connectivity index (χ0n) is 30.9. The van der Waals surface area contributed by atoms with E-state index >= 15 is 0 Å². The first-order valence-corrected chi connectivity index (χ1v) is 19.2. The van der Waals surface area contributed by atoms with Crippen LogP contribution in [-0.4, -0.2) is 4.57 Å². The quantitative estimate of drug-likeness (QED) is 0.162. The molecule has 0 aliphatic heterocycles. The molecule has 0 saturated carbocycles. The number of nitrogens with zero attached hydrogens (tertiary/aromatic N) is 2. The Balaban J connectivity index is 1.04. The van der Waals surface area contributed by atoms with Crippen LogP contribution in [0.4, 0.5) is 17.1 Å². The standard InChI is InChI=1S/C53H38N2/c1-53(2)49-18-10-8-16-45(49)46-30-28-42(34-50(46)53)54(41-27-29-44-38(32-41)21-20-36-12-6-7-15-43(36)44)40-25-22-35(23-26-40)37-24-31-52-48(33-37)47-17-9-11-19-51(47)55(52)39-13-4-3-5-14-39/h3-34H,1-2H3. The molecule has 1 aliphatic rings. The molecule has 0 unspecified atom stereocenters. The average molecular weight is 703 g/mol. The SMILES string of the molecule is CC1(C)c2ccccc2-c2ccc(N(c3ccc(-c4ccc5c(c4)c4ccccc4n5-c4ccccc4)cc3)c3ccc4c(ccc5ccccc54)c3)cc21. The van der Waals surface area contributed by atoms with E-state index in [1.807, 2.05) is 0 Å². The molecule has 1 aliphatic carbocycles. The lowest BCUT2D eigenvalue weighted by atomic mass is 9.82. The third-order valence-corrected chi connectivity index (χ3v) is 12.0. The van der Waals surface area contributed by atoms with Crippen LogP contribution in [0.1, 0.15) is 25.0 Å². The smallest absolute Gasteiger partial charge is 0.0541 e. The number of rotatable bonds is 5. The molecule has 10 aromatic rings. The predicted molar refractivity (Wildman–Crippen MR) is 233 cm³/mol. The minimum absolute atomic E-state index is 0.0952. The summed E-state index contributed by atoms with van der Waals surface area (Å²) in [4.78, 5) is 2.43. The molecule has 1 aromatic heterocycles. The van der Waals surface area contributed by atoms with Gasteiger partial charge in [0.2, 0.25) is 0 Å². The Labute approximate surface area is 321 Å². The van der Waals surface area contributed by atoms with Crippen molar-refractivity contribution in [1.82, 2.24) is 4.57 Å². The summed E-state index contributed by atoms with van der Waals surface area (Å²) in [6.45, 7) is 4.71. The van der Waals surface area contributed by atoms with Gasteiger partial charge >= 0.3 is 0 Å². The van der Waals surface area contributed by atoms with Crippen LogP contribution in [0, 0.1) is 0 Å². The Bertz CT molecular complexity index is 3110. The molecular formula is C53H38N2. The fourth-order valence-corrected chi connectivity index (χ4v) is 9.23. The number of hydrogen-bond donors (Lipinski definition) is 0. The minimum Gasteiger partial charge on any atom is -0.310 e. The highest BCUT2D eigenvalue weighted by Gasteiger charge is 2.35. The molecule has 0 atom stereocenters.